The van der Waals surface area contributed by atoms with E-state index in [0.717, 1.165) is 51.5 Å². The second kappa shape index (κ2) is 5.80. The van der Waals surface area contributed by atoms with Crippen LogP contribution in [0.4, 0.5) is 5.69 Å². The van der Waals surface area contributed by atoms with Crippen molar-refractivity contribution in [2.24, 2.45) is 11.7 Å². The Hall–Kier alpha value is -1.26. The molecule has 0 aliphatic carbocycles. The molecule has 1 fully saturated rings. The average molecular weight is 262 g/mol. The molecule has 4 heteroatoms. The quantitative estimate of drug-likeness (QED) is 0.899. The number of ether oxygens (including phenoxy) is 2. The van der Waals surface area contributed by atoms with Crippen molar-refractivity contribution in [2.45, 2.75) is 18.9 Å². The van der Waals surface area contributed by atoms with Gasteiger partial charge in [-0.2, -0.15) is 0 Å². The number of hydrogen-bond acceptors (Lipinski definition) is 4. The number of fused-ring (bicyclic) bond motifs is 1. The third kappa shape index (κ3) is 2.85. The molecule has 0 amide bonds. The molecule has 2 aliphatic heterocycles. The first-order valence-electron chi connectivity index (χ1n) is 7.14. The molecule has 104 valence electrons. The topological polar surface area (TPSA) is 47.7 Å². The Morgan fingerprint density at radius 3 is 3.05 bits per heavy atom. The lowest BCUT2D eigenvalue weighted by atomic mass is 9.99. The summed E-state index contributed by atoms with van der Waals surface area (Å²) in [7, 11) is 0. The van der Waals surface area contributed by atoms with Crippen molar-refractivity contribution in [2.75, 3.05) is 37.8 Å². The zero-order chi connectivity index (χ0) is 13.1. The van der Waals surface area contributed by atoms with Gasteiger partial charge in [0.2, 0.25) is 0 Å². The van der Waals surface area contributed by atoms with E-state index in [1.54, 1.807) is 0 Å². The van der Waals surface area contributed by atoms with Crippen LogP contribution in [0.3, 0.4) is 0 Å². The maximum atomic E-state index is 6.36. The van der Waals surface area contributed by atoms with Gasteiger partial charge in [-0.25, -0.2) is 0 Å². The summed E-state index contributed by atoms with van der Waals surface area (Å²) in [6.07, 6.45) is 2.13. The summed E-state index contributed by atoms with van der Waals surface area (Å²) >= 11 is 0. The number of anilines is 1. The zero-order valence-corrected chi connectivity index (χ0v) is 11.3. The van der Waals surface area contributed by atoms with Gasteiger partial charge in [-0.3, -0.25) is 0 Å². The zero-order valence-electron chi connectivity index (χ0n) is 11.3. The Morgan fingerprint density at radius 1 is 1.32 bits per heavy atom. The van der Waals surface area contributed by atoms with Gasteiger partial charge in [0.05, 0.1) is 18.9 Å². The van der Waals surface area contributed by atoms with Gasteiger partial charge in [-0.1, -0.05) is 12.1 Å². The number of nitrogens with zero attached hydrogens (tertiary/aromatic N) is 1. The van der Waals surface area contributed by atoms with E-state index in [-0.39, 0.29) is 6.04 Å². The lowest BCUT2D eigenvalue weighted by Gasteiger charge is -2.29. The van der Waals surface area contributed by atoms with Crippen LogP contribution >= 0.6 is 0 Å². The van der Waals surface area contributed by atoms with Crippen LogP contribution in [0.2, 0.25) is 0 Å². The van der Waals surface area contributed by atoms with E-state index in [1.807, 2.05) is 12.1 Å². The minimum absolute atomic E-state index is 0.175. The molecule has 0 bridgehead atoms. The van der Waals surface area contributed by atoms with Crippen LogP contribution in [0.1, 0.15) is 12.8 Å². The molecule has 0 spiro atoms. The fourth-order valence-electron chi connectivity index (χ4n) is 2.88. The van der Waals surface area contributed by atoms with Crippen LogP contribution in [-0.2, 0) is 4.74 Å². The summed E-state index contributed by atoms with van der Waals surface area (Å²) < 4.78 is 11.2. The van der Waals surface area contributed by atoms with Crippen LogP contribution in [0.5, 0.6) is 5.75 Å². The van der Waals surface area contributed by atoms with E-state index < -0.39 is 0 Å². The summed E-state index contributed by atoms with van der Waals surface area (Å²) in [6.45, 7) is 4.35. The highest BCUT2D eigenvalue weighted by Gasteiger charge is 2.26. The van der Waals surface area contributed by atoms with Crippen molar-refractivity contribution in [3.63, 3.8) is 0 Å². The molecule has 1 aromatic carbocycles. The fourth-order valence-corrected chi connectivity index (χ4v) is 2.88. The SMILES string of the molecule is NC(CN1CCCOc2ccccc21)C1CCOC1. The fraction of sp³-hybridized carbons (Fsp3) is 0.600. The Kier molecular flexibility index (Phi) is 3.89. The monoisotopic (exact) mass is 262 g/mol. The molecule has 0 saturated carbocycles. The molecule has 0 aromatic heterocycles. The van der Waals surface area contributed by atoms with E-state index in [1.165, 1.54) is 5.69 Å². The molecule has 2 atom stereocenters. The van der Waals surface area contributed by atoms with Gasteiger partial charge in [0.15, 0.2) is 0 Å². The number of benzene rings is 1. The van der Waals surface area contributed by atoms with E-state index in [9.17, 15) is 0 Å². The van der Waals surface area contributed by atoms with Crippen molar-refractivity contribution in [3.05, 3.63) is 24.3 Å². The molecule has 0 radical (unpaired) electrons. The highest BCUT2D eigenvalue weighted by Crippen LogP contribution is 2.31. The number of hydrogen-bond donors (Lipinski definition) is 1. The van der Waals surface area contributed by atoms with Gasteiger partial charge < -0.3 is 20.1 Å². The van der Waals surface area contributed by atoms with Crippen LogP contribution in [0.15, 0.2) is 24.3 Å². The maximum Gasteiger partial charge on any atom is 0.142 e. The van der Waals surface area contributed by atoms with Gasteiger partial charge in [0.1, 0.15) is 5.75 Å². The maximum absolute atomic E-state index is 6.36. The average Bonchev–Trinajstić information content (AvgIpc) is 2.90. The second-order valence-corrected chi connectivity index (χ2v) is 5.40. The van der Waals surface area contributed by atoms with Crippen molar-refractivity contribution in [3.8, 4) is 5.75 Å². The second-order valence-electron chi connectivity index (χ2n) is 5.40. The first-order chi connectivity index (χ1) is 9.34. The van der Waals surface area contributed by atoms with Crippen LogP contribution in [-0.4, -0.2) is 39.0 Å². The smallest absolute Gasteiger partial charge is 0.142 e. The van der Waals surface area contributed by atoms with E-state index >= 15 is 0 Å². The standard InChI is InChI=1S/C15H22N2O2/c16-13(12-6-9-18-11-12)10-17-7-3-8-19-15-5-2-1-4-14(15)17/h1-2,4-5,12-13H,3,6-11,16H2. The normalized spacial score (nSPS) is 24.5. The first kappa shape index (κ1) is 12.8. The molecule has 1 saturated heterocycles. The lowest BCUT2D eigenvalue weighted by molar-refractivity contribution is 0.181. The summed E-state index contributed by atoms with van der Waals surface area (Å²) in [5.74, 6) is 1.48. The largest absolute Gasteiger partial charge is 0.491 e. The Labute approximate surface area is 114 Å². The summed E-state index contributed by atoms with van der Waals surface area (Å²) in [4.78, 5) is 2.37. The minimum atomic E-state index is 0.175. The number of nitrogens with two attached hydrogens (primary N) is 1. The van der Waals surface area contributed by atoms with E-state index in [0.29, 0.717) is 5.92 Å². The third-order valence-electron chi connectivity index (χ3n) is 4.04. The Morgan fingerprint density at radius 2 is 2.21 bits per heavy atom. The first-order valence-corrected chi connectivity index (χ1v) is 7.14. The lowest BCUT2D eigenvalue weighted by Crippen LogP contribution is -2.43. The van der Waals surface area contributed by atoms with Crippen LogP contribution < -0.4 is 15.4 Å². The van der Waals surface area contributed by atoms with Crippen LogP contribution in [0.25, 0.3) is 0 Å². The van der Waals surface area contributed by atoms with Crippen molar-refractivity contribution in [1.29, 1.82) is 0 Å². The molecule has 3 rings (SSSR count). The summed E-state index contributed by atoms with van der Waals surface area (Å²) in [5.41, 5.74) is 7.53. The molecular formula is C15H22N2O2. The van der Waals surface area contributed by atoms with Gasteiger partial charge in [0, 0.05) is 31.7 Å². The van der Waals surface area contributed by atoms with Crippen molar-refractivity contribution in [1.82, 2.24) is 0 Å². The summed E-state index contributed by atoms with van der Waals surface area (Å²) in [5, 5.41) is 0. The number of para-hydroxylation sites is 2. The molecule has 1 aromatic rings. The van der Waals surface area contributed by atoms with Crippen molar-refractivity contribution >= 4 is 5.69 Å². The molecule has 4 nitrogen and oxygen atoms in total. The molecule has 2 unspecified atom stereocenters. The molecule has 2 heterocycles. The molecule has 2 aliphatic rings. The van der Waals surface area contributed by atoms with Gasteiger partial charge in [-0.05, 0) is 25.0 Å². The predicted octanol–water partition coefficient (Wildman–Crippen LogP) is 1.64. The molecule has 19 heavy (non-hydrogen) atoms. The van der Waals surface area contributed by atoms with Crippen LogP contribution in [0, 0.1) is 5.92 Å². The summed E-state index contributed by atoms with van der Waals surface area (Å²) in [6, 6.07) is 8.42. The Bertz CT molecular complexity index is 418. The predicted molar refractivity (Wildman–Crippen MR) is 75.7 cm³/mol. The Balaban J connectivity index is 1.72. The van der Waals surface area contributed by atoms with Gasteiger partial charge in [0.25, 0.3) is 0 Å². The number of rotatable bonds is 3. The minimum Gasteiger partial charge on any atom is -0.491 e. The van der Waals surface area contributed by atoms with Crippen molar-refractivity contribution < 1.29 is 9.47 Å². The van der Waals surface area contributed by atoms with E-state index in [2.05, 4.69) is 17.0 Å². The van der Waals surface area contributed by atoms with Gasteiger partial charge in [-0.15, -0.1) is 0 Å². The highest BCUT2D eigenvalue weighted by molar-refractivity contribution is 5.59. The molecular weight excluding hydrogens is 240 g/mol. The highest BCUT2D eigenvalue weighted by atomic mass is 16.5. The van der Waals surface area contributed by atoms with E-state index in [4.69, 9.17) is 15.2 Å². The third-order valence-corrected chi connectivity index (χ3v) is 4.04. The van der Waals surface area contributed by atoms with Gasteiger partial charge >= 0.3 is 0 Å². The molecule has 2 N–H and O–H groups in total.